The van der Waals surface area contributed by atoms with Crippen LogP contribution in [0, 0.1) is 0 Å². The molecule has 2 aromatic rings. The van der Waals surface area contributed by atoms with E-state index in [2.05, 4.69) is 5.32 Å². The van der Waals surface area contributed by atoms with Crippen molar-refractivity contribution in [2.24, 2.45) is 0 Å². The van der Waals surface area contributed by atoms with Crippen molar-refractivity contribution in [1.29, 1.82) is 0 Å². The molecule has 0 aliphatic heterocycles. The van der Waals surface area contributed by atoms with Gasteiger partial charge in [-0.25, -0.2) is 8.42 Å². The molecule has 0 aromatic heterocycles. The number of hydrogen-bond donors (Lipinski definition) is 1. The number of benzene rings is 2. The summed E-state index contributed by atoms with van der Waals surface area (Å²) in [7, 11) is -4.26. The first kappa shape index (κ1) is 31.0. The summed E-state index contributed by atoms with van der Waals surface area (Å²) in [6, 6.07) is 7.73. The van der Waals surface area contributed by atoms with Crippen molar-refractivity contribution >= 4 is 50.7 Å². The molecule has 0 radical (unpaired) electrons. The minimum atomic E-state index is -4.77. The number of amides is 2. The molecule has 1 fully saturated rings. The Hall–Kier alpha value is -2.50. The Bertz CT molecular complexity index is 1280. The van der Waals surface area contributed by atoms with Gasteiger partial charge in [-0.15, -0.1) is 0 Å². The van der Waals surface area contributed by atoms with Gasteiger partial charge in [0.25, 0.3) is 0 Å². The second kappa shape index (κ2) is 12.8. The Morgan fingerprint density at radius 3 is 2.23 bits per heavy atom. The molecule has 1 aliphatic carbocycles. The third-order valence-electron chi connectivity index (χ3n) is 6.61. The molecule has 1 unspecified atom stereocenters. The SMILES string of the molecule is CC(C(=O)NC1CCCCC1)N(Cc1ccc(Cl)cc1)C(=O)CN(c1cc(C(F)(F)F)ccc1Cl)S(C)(=O)=O. The molecular weight excluding hydrogens is 578 g/mol. The van der Waals surface area contributed by atoms with Crippen LogP contribution < -0.4 is 9.62 Å². The highest BCUT2D eigenvalue weighted by Crippen LogP contribution is 2.36. The summed E-state index contributed by atoms with van der Waals surface area (Å²) >= 11 is 12.1. The Kier molecular flexibility index (Phi) is 10.2. The minimum Gasteiger partial charge on any atom is -0.352 e. The number of nitrogens with zero attached hydrogens (tertiary/aromatic N) is 2. The molecule has 39 heavy (non-hydrogen) atoms. The third kappa shape index (κ3) is 8.49. The zero-order valence-electron chi connectivity index (χ0n) is 21.5. The van der Waals surface area contributed by atoms with Gasteiger partial charge in [0.15, 0.2) is 0 Å². The lowest BCUT2D eigenvalue weighted by atomic mass is 9.95. The van der Waals surface area contributed by atoms with Gasteiger partial charge in [0.05, 0.1) is 22.5 Å². The van der Waals surface area contributed by atoms with Crippen molar-refractivity contribution in [1.82, 2.24) is 10.2 Å². The molecule has 2 aromatic carbocycles. The van der Waals surface area contributed by atoms with E-state index in [1.807, 2.05) is 0 Å². The highest BCUT2D eigenvalue weighted by atomic mass is 35.5. The second-order valence-corrected chi connectivity index (χ2v) is 12.4. The van der Waals surface area contributed by atoms with Crippen molar-refractivity contribution in [3.63, 3.8) is 0 Å². The highest BCUT2D eigenvalue weighted by molar-refractivity contribution is 7.92. The Balaban J connectivity index is 1.94. The minimum absolute atomic E-state index is 0.0300. The van der Waals surface area contributed by atoms with Crippen molar-refractivity contribution in [3.8, 4) is 0 Å². The van der Waals surface area contributed by atoms with Crippen LogP contribution in [0.4, 0.5) is 18.9 Å². The van der Waals surface area contributed by atoms with Crippen LogP contribution >= 0.6 is 23.2 Å². The van der Waals surface area contributed by atoms with Crippen LogP contribution in [0.5, 0.6) is 0 Å². The van der Waals surface area contributed by atoms with Crippen LogP contribution in [0.15, 0.2) is 42.5 Å². The zero-order chi connectivity index (χ0) is 29.0. The second-order valence-electron chi connectivity index (χ2n) is 9.60. The third-order valence-corrected chi connectivity index (χ3v) is 8.30. The van der Waals surface area contributed by atoms with E-state index in [-0.39, 0.29) is 17.6 Å². The Morgan fingerprint density at radius 2 is 1.67 bits per heavy atom. The first-order valence-corrected chi connectivity index (χ1v) is 15.0. The Morgan fingerprint density at radius 1 is 1.05 bits per heavy atom. The van der Waals surface area contributed by atoms with E-state index in [0.717, 1.165) is 50.5 Å². The van der Waals surface area contributed by atoms with Crippen LogP contribution in [0.3, 0.4) is 0 Å². The lowest BCUT2D eigenvalue weighted by Crippen LogP contribution is -2.53. The van der Waals surface area contributed by atoms with Crippen molar-refractivity contribution < 1.29 is 31.2 Å². The summed E-state index contributed by atoms with van der Waals surface area (Å²) in [6.07, 6.45) is 0.682. The molecule has 1 saturated carbocycles. The van der Waals surface area contributed by atoms with Gasteiger partial charge in [-0.05, 0) is 55.7 Å². The first-order chi connectivity index (χ1) is 18.2. The fourth-order valence-corrected chi connectivity index (χ4v) is 5.66. The van der Waals surface area contributed by atoms with Crippen LogP contribution in [-0.4, -0.2) is 50.0 Å². The van der Waals surface area contributed by atoms with Gasteiger partial charge in [0.1, 0.15) is 12.6 Å². The average Bonchev–Trinajstić information content (AvgIpc) is 2.86. The molecule has 1 aliphatic rings. The van der Waals surface area contributed by atoms with Gasteiger partial charge < -0.3 is 10.2 Å². The maximum Gasteiger partial charge on any atom is 0.416 e. The van der Waals surface area contributed by atoms with Crippen LogP contribution in [0.1, 0.15) is 50.2 Å². The molecule has 1 atom stereocenters. The molecule has 2 amide bonds. The van der Waals surface area contributed by atoms with E-state index in [9.17, 15) is 31.2 Å². The number of alkyl halides is 3. The summed E-state index contributed by atoms with van der Waals surface area (Å²) < 4.78 is 66.0. The van der Waals surface area contributed by atoms with Crippen LogP contribution in [0.25, 0.3) is 0 Å². The number of carbonyl (C=O) groups is 2. The lowest BCUT2D eigenvalue weighted by molar-refractivity contribution is -0.139. The number of hydrogen-bond acceptors (Lipinski definition) is 4. The summed E-state index contributed by atoms with van der Waals surface area (Å²) in [5.41, 5.74) is -0.998. The number of anilines is 1. The Labute approximate surface area is 236 Å². The van der Waals surface area contributed by atoms with Crippen molar-refractivity contribution in [2.45, 2.75) is 63.8 Å². The first-order valence-electron chi connectivity index (χ1n) is 12.4. The fraction of sp³-hybridized carbons (Fsp3) is 0.462. The standard InChI is InChI=1S/C26H30Cl2F3N3O4S/c1-17(25(36)32-21-6-4-3-5-7-21)33(15-18-8-11-20(27)12-9-18)24(35)16-34(39(2,37)38)23-14-19(26(29,30)31)10-13-22(23)28/h8-14,17,21H,3-7,15-16H2,1-2H3,(H,32,36). The fourth-order valence-electron chi connectivity index (χ4n) is 4.41. The quantitative estimate of drug-likeness (QED) is 0.399. The predicted octanol–water partition coefficient (Wildman–Crippen LogP) is 5.64. The monoisotopic (exact) mass is 607 g/mol. The van der Waals surface area contributed by atoms with Gasteiger partial charge in [-0.2, -0.15) is 13.2 Å². The molecule has 0 spiro atoms. The molecule has 0 heterocycles. The molecule has 3 rings (SSSR count). The van der Waals surface area contributed by atoms with E-state index < -0.39 is 51.9 Å². The van der Waals surface area contributed by atoms with Crippen molar-refractivity contribution in [3.05, 3.63) is 63.6 Å². The number of halogens is 5. The summed E-state index contributed by atoms with van der Waals surface area (Å²) in [4.78, 5) is 28.0. The number of nitrogens with one attached hydrogen (secondary N) is 1. The molecule has 0 saturated heterocycles. The topological polar surface area (TPSA) is 86.8 Å². The molecule has 0 bridgehead atoms. The molecule has 214 valence electrons. The smallest absolute Gasteiger partial charge is 0.352 e. The van der Waals surface area contributed by atoms with Gasteiger partial charge in [0, 0.05) is 17.6 Å². The van der Waals surface area contributed by atoms with E-state index in [0.29, 0.717) is 21.0 Å². The van der Waals surface area contributed by atoms with Crippen molar-refractivity contribution in [2.75, 3.05) is 17.1 Å². The molecular formula is C26H30Cl2F3N3O4S. The van der Waals surface area contributed by atoms with Crippen LogP contribution in [-0.2, 0) is 32.3 Å². The van der Waals surface area contributed by atoms with E-state index >= 15 is 0 Å². The number of sulfonamides is 1. The largest absolute Gasteiger partial charge is 0.416 e. The van der Waals surface area contributed by atoms with Gasteiger partial charge in [-0.1, -0.05) is 54.6 Å². The normalized spacial score (nSPS) is 15.5. The predicted molar refractivity (Wildman–Crippen MR) is 145 cm³/mol. The summed E-state index contributed by atoms with van der Waals surface area (Å²) in [5.74, 6) is -1.21. The lowest BCUT2D eigenvalue weighted by Gasteiger charge is -2.33. The van der Waals surface area contributed by atoms with Gasteiger partial charge in [0.2, 0.25) is 21.8 Å². The van der Waals surface area contributed by atoms with E-state index in [1.54, 1.807) is 24.3 Å². The molecule has 13 heteroatoms. The number of rotatable bonds is 9. The van der Waals surface area contributed by atoms with Gasteiger partial charge in [-0.3, -0.25) is 13.9 Å². The average molecular weight is 609 g/mol. The number of carbonyl (C=O) groups excluding carboxylic acids is 2. The van der Waals surface area contributed by atoms with E-state index in [1.165, 1.54) is 11.8 Å². The van der Waals surface area contributed by atoms with Gasteiger partial charge >= 0.3 is 6.18 Å². The maximum absolute atomic E-state index is 13.6. The van der Waals surface area contributed by atoms with E-state index in [4.69, 9.17) is 23.2 Å². The summed E-state index contributed by atoms with van der Waals surface area (Å²) in [6.45, 7) is 0.589. The molecule has 1 N–H and O–H groups in total. The summed E-state index contributed by atoms with van der Waals surface area (Å²) in [5, 5.41) is 3.14. The zero-order valence-corrected chi connectivity index (χ0v) is 23.8. The maximum atomic E-state index is 13.6. The molecule has 7 nitrogen and oxygen atoms in total. The van der Waals surface area contributed by atoms with Crippen LogP contribution in [0.2, 0.25) is 10.0 Å². The highest BCUT2D eigenvalue weighted by Gasteiger charge is 2.35.